The number of hydrogen-bond donors (Lipinski definition) is 1. The second-order valence-corrected chi connectivity index (χ2v) is 7.81. The molecule has 0 aromatic heterocycles. The van der Waals surface area contributed by atoms with Crippen molar-refractivity contribution in [3.05, 3.63) is 29.0 Å². The highest BCUT2D eigenvalue weighted by Gasteiger charge is 2.37. The summed E-state index contributed by atoms with van der Waals surface area (Å²) in [6.45, 7) is 1.98. The fourth-order valence-electron chi connectivity index (χ4n) is 3.30. The van der Waals surface area contributed by atoms with Gasteiger partial charge in [0.15, 0.2) is 0 Å². The third-order valence-electron chi connectivity index (χ3n) is 4.36. The van der Waals surface area contributed by atoms with Crippen LogP contribution in [0.1, 0.15) is 25.7 Å². The number of fused-ring (bicyclic) bond motifs is 1. The standard InChI is InChI=1S/C14H18ClFN2O2S/c15-11-9-10(4-5-12(11)16)21(19,20)17-13-6-8-18-7-2-1-3-14(13)18/h4-5,9,13-14,17H,1-3,6-8H2. The summed E-state index contributed by atoms with van der Waals surface area (Å²) in [5.41, 5.74) is 0. The van der Waals surface area contributed by atoms with Crippen LogP contribution in [0.15, 0.2) is 23.1 Å². The van der Waals surface area contributed by atoms with Crippen molar-refractivity contribution in [2.75, 3.05) is 13.1 Å². The molecule has 0 aliphatic carbocycles. The summed E-state index contributed by atoms with van der Waals surface area (Å²) in [6.07, 6.45) is 4.17. The predicted octanol–water partition coefficient (Wildman–Crippen LogP) is 2.38. The van der Waals surface area contributed by atoms with E-state index in [1.165, 1.54) is 12.5 Å². The lowest BCUT2D eigenvalue weighted by Gasteiger charge is -2.32. The Morgan fingerprint density at radius 2 is 2.05 bits per heavy atom. The monoisotopic (exact) mass is 332 g/mol. The molecule has 2 fully saturated rings. The Bertz CT molecular complexity index is 638. The first kappa shape index (κ1) is 15.2. The van der Waals surface area contributed by atoms with Gasteiger partial charge in [0.05, 0.1) is 9.92 Å². The predicted molar refractivity (Wildman–Crippen MR) is 79.3 cm³/mol. The van der Waals surface area contributed by atoms with Gasteiger partial charge in [0, 0.05) is 18.6 Å². The van der Waals surface area contributed by atoms with Crippen molar-refractivity contribution in [1.82, 2.24) is 9.62 Å². The van der Waals surface area contributed by atoms with Gasteiger partial charge < -0.3 is 0 Å². The lowest BCUT2D eigenvalue weighted by Crippen LogP contribution is -2.46. The minimum Gasteiger partial charge on any atom is -0.299 e. The first-order chi connectivity index (χ1) is 9.97. The number of halogens is 2. The minimum absolute atomic E-state index is 0.0168. The Kier molecular flexibility index (Phi) is 4.23. The van der Waals surface area contributed by atoms with Crippen molar-refractivity contribution in [3.8, 4) is 0 Å². The van der Waals surface area contributed by atoms with Gasteiger partial charge >= 0.3 is 0 Å². The van der Waals surface area contributed by atoms with Crippen LogP contribution in [0.4, 0.5) is 4.39 Å². The van der Waals surface area contributed by atoms with Gasteiger partial charge in [0.2, 0.25) is 10.0 Å². The van der Waals surface area contributed by atoms with E-state index in [2.05, 4.69) is 9.62 Å². The van der Waals surface area contributed by atoms with Crippen molar-refractivity contribution >= 4 is 21.6 Å². The molecule has 0 saturated carbocycles. The van der Waals surface area contributed by atoms with Crippen LogP contribution in [0.3, 0.4) is 0 Å². The fourth-order valence-corrected chi connectivity index (χ4v) is 4.87. The highest BCUT2D eigenvalue weighted by Crippen LogP contribution is 2.28. The number of piperidine rings is 1. The van der Waals surface area contributed by atoms with E-state index in [0.29, 0.717) is 0 Å². The summed E-state index contributed by atoms with van der Waals surface area (Å²) in [7, 11) is -3.66. The summed E-state index contributed by atoms with van der Waals surface area (Å²) in [6, 6.07) is 3.70. The first-order valence-electron chi connectivity index (χ1n) is 7.19. The van der Waals surface area contributed by atoms with E-state index >= 15 is 0 Å². The minimum atomic E-state index is -3.66. The van der Waals surface area contributed by atoms with Crippen molar-refractivity contribution < 1.29 is 12.8 Å². The van der Waals surface area contributed by atoms with Crippen molar-refractivity contribution in [2.45, 2.75) is 42.7 Å². The van der Waals surface area contributed by atoms with Crippen LogP contribution in [0.5, 0.6) is 0 Å². The van der Waals surface area contributed by atoms with Gasteiger partial charge in [0.1, 0.15) is 5.82 Å². The summed E-state index contributed by atoms with van der Waals surface area (Å²) >= 11 is 5.67. The van der Waals surface area contributed by atoms with Crippen LogP contribution < -0.4 is 4.72 Å². The van der Waals surface area contributed by atoms with E-state index in [0.717, 1.165) is 44.5 Å². The summed E-state index contributed by atoms with van der Waals surface area (Å²) in [5, 5.41) is -0.177. The molecule has 2 unspecified atom stereocenters. The molecule has 3 rings (SSSR count). The van der Waals surface area contributed by atoms with E-state index in [-0.39, 0.29) is 22.0 Å². The van der Waals surface area contributed by atoms with Gasteiger partial charge in [-0.2, -0.15) is 0 Å². The van der Waals surface area contributed by atoms with Crippen LogP contribution in [-0.2, 0) is 10.0 Å². The van der Waals surface area contributed by atoms with Gasteiger partial charge in [-0.15, -0.1) is 0 Å². The fraction of sp³-hybridized carbons (Fsp3) is 0.571. The second-order valence-electron chi connectivity index (χ2n) is 5.69. The van der Waals surface area contributed by atoms with Gasteiger partial charge in [-0.05, 0) is 44.0 Å². The zero-order chi connectivity index (χ0) is 15.0. The van der Waals surface area contributed by atoms with Gasteiger partial charge in [0.25, 0.3) is 0 Å². The highest BCUT2D eigenvalue weighted by molar-refractivity contribution is 7.89. The number of nitrogens with zero attached hydrogens (tertiary/aromatic N) is 1. The molecule has 0 spiro atoms. The third-order valence-corrected chi connectivity index (χ3v) is 6.14. The first-order valence-corrected chi connectivity index (χ1v) is 9.05. The van der Waals surface area contributed by atoms with E-state index in [1.807, 2.05) is 0 Å². The Balaban J connectivity index is 1.78. The number of nitrogens with one attached hydrogen (secondary N) is 1. The van der Waals surface area contributed by atoms with Crippen molar-refractivity contribution in [3.63, 3.8) is 0 Å². The molecule has 2 aliphatic heterocycles. The third kappa shape index (κ3) is 3.08. The SMILES string of the molecule is O=S(=O)(NC1CCN2CCCCC12)c1ccc(F)c(Cl)c1. The number of hydrogen-bond acceptors (Lipinski definition) is 3. The molecule has 2 atom stereocenters. The van der Waals surface area contributed by atoms with E-state index < -0.39 is 15.8 Å². The zero-order valence-electron chi connectivity index (χ0n) is 11.6. The average molecular weight is 333 g/mol. The van der Waals surface area contributed by atoms with Crippen LogP contribution in [-0.4, -0.2) is 38.5 Å². The molecule has 0 bridgehead atoms. The maximum absolute atomic E-state index is 13.2. The molecule has 21 heavy (non-hydrogen) atoms. The van der Waals surface area contributed by atoms with Crippen molar-refractivity contribution in [2.24, 2.45) is 0 Å². The molecule has 4 nitrogen and oxygen atoms in total. The molecule has 1 N–H and O–H groups in total. The molecule has 2 saturated heterocycles. The molecular weight excluding hydrogens is 315 g/mol. The number of benzene rings is 1. The van der Waals surface area contributed by atoms with Crippen LogP contribution >= 0.6 is 11.6 Å². The Labute approximate surface area is 129 Å². The lowest BCUT2D eigenvalue weighted by molar-refractivity contribution is 0.186. The Morgan fingerprint density at radius 3 is 2.81 bits per heavy atom. The highest BCUT2D eigenvalue weighted by atomic mass is 35.5. The smallest absolute Gasteiger partial charge is 0.240 e. The van der Waals surface area contributed by atoms with Gasteiger partial charge in [-0.3, -0.25) is 4.90 Å². The second kappa shape index (κ2) is 5.83. The zero-order valence-corrected chi connectivity index (χ0v) is 13.1. The lowest BCUT2D eigenvalue weighted by atomic mass is 10.00. The molecule has 2 heterocycles. The Hall–Kier alpha value is -0.690. The average Bonchev–Trinajstić information content (AvgIpc) is 2.85. The summed E-state index contributed by atoms with van der Waals surface area (Å²) < 4.78 is 40.8. The molecule has 116 valence electrons. The molecule has 1 aromatic carbocycles. The number of rotatable bonds is 3. The van der Waals surface area contributed by atoms with E-state index in [4.69, 9.17) is 11.6 Å². The molecule has 0 radical (unpaired) electrons. The number of sulfonamides is 1. The van der Waals surface area contributed by atoms with Crippen LogP contribution in [0, 0.1) is 5.82 Å². The quantitative estimate of drug-likeness (QED) is 0.924. The van der Waals surface area contributed by atoms with Crippen LogP contribution in [0.2, 0.25) is 5.02 Å². The van der Waals surface area contributed by atoms with Crippen LogP contribution in [0.25, 0.3) is 0 Å². The van der Waals surface area contributed by atoms with E-state index in [9.17, 15) is 12.8 Å². The summed E-state index contributed by atoms with van der Waals surface area (Å²) in [5.74, 6) is -0.616. The molecule has 2 aliphatic rings. The molecule has 1 aromatic rings. The largest absolute Gasteiger partial charge is 0.299 e. The van der Waals surface area contributed by atoms with E-state index in [1.54, 1.807) is 0 Å². The normalized spacial score (nSPS) is 26.8. The topological polar surface area (TPSA) is 49.4 Å². The maximum atomic E-state index is 13.2. The summed E-state index contributed by atoms with van der Waals surface area (Å²) in [4.78, 5) is 2.37. The maximum Gasteiger partial charge on any atom is 0.240 e. The Morgan fingerprint density at radius 1 is 1.24 bits per heavy atom. The van der Waals surface area contributed by atoms with Crippen molar-refractivity contribution in [1.29, 1.82) is 0 Å². The molecular formula is C14H18ClFN2O2S. The van der Waals surface area contributed by atoms with Gasteiger partial charge in [-0.1, -0.05) is 18.0 Å². The molecule has 0 amide bonds. The van der Waals surface area contributed by atoms with Gasteiger partial charge in [-0.25, -0.2) is 17.5 Å². The molecule has 7 heteroatoms.